The Morgan fingerprint density at radius 1 is 1.27 bits per heavy atom. The van der Waals surface area contributed by atoms with Crippen LogP contribution in [-0.2, 0) is 4.79 Å². The molecular formula is C9H17NO. The van der Waals surface area contributed by atoms with E-state index in [9.17, 15) is 4.79 Å². The summed E-state index contributed by atoms with van der Waals surface area (Å²) < 4.78 is 0. The lowest BCUT2D eigenvalue weighted by Crippen LogP contribution is -2.22. The van der Waals surface area contributed by atoms with Crippen LogP contribution in [0.2, 0.25) is 0 Å². The van der Waals surface area contributed by atoms with Crippen LogP contribution in [0.5, 0.6) is 0 Å². The van der Waals surface area contributed by atoms with Gasteiger partial charge in [0.25, 0.3) is 0 Å². The first kappa shape index (κ1) is 10.2. The monoisotopic (exact) mass is 155 g/mol. The molecule has 0 saturated carbocycles. The number of amides is 1. The molecule has 0 aliphatic carbocycles. The molecule has 0 rings (SSSR count). The van der Waals surface area contributed by atoms with Crippen LogP contribution in [0.25, 0.3) is 0 Å². The van der Waals surface area contributed by atoms with Crippen molar-refractivity contribution in [1.82, 2.24) is 5.32 Å². The van der Waals surface area contributed by atoms with Crippen LogP contribution in [0.3, 0.4) is 0 Å². The van der Waals surface area contributed by atoms with Gasteiger partial charge in [-0.1, -0.05) is 33.8 Å². The molecule has 0 aromatic rings. The van der Waals surface area contributed by atoms with Gasteiger partial charge in [0, 0.05) is 5.92 Å². The van der Waals surface area contributed by atoms with Gasteiger partial charge in [0.1, 0.15) is 0 Å². The predicted octanol–water partition coefficient (Wildman–Crippen LogP) is 1.93. The third kappa shape index (κ3) is 5.64. The van der Waals surface area contributed by atoms with Gasteiger partial charge in [-0.15, -0.1) is 0 Å². The van der Waals surface area contributed by atoms with E-state index in [-0.39, 0.29) is 11.8 Å². The molecule has 11 heavy (non-hydrogen) atoms. The lowest BCUT2D eigenvalue weighted by Gasteiger charge is -2.02. The molecule has 0 fully saturated rings. The quantitative estimate of drug-likeness (QED) is 0.663. The molecule has 0 spiro atoms. The fraction of sp³-hybridized carbons (Fsp3) is 0.667. The minimum absolute atomic E-state index is 0.0619. The fourth-order valence-electron chi connectivity index (χ4n) is 0.489. The van der Waals surface area contributed by atoms with Crippen molar-refractivity contribution >= 4 is 5.91 Å². The second-order valence-corrected chi connectivity index (χ2v) is 3.27. The maximum atomic E-state index is 11.0. The predicted molar refractivity (Wildman–Crippen MR) is 47.0 cm³/mol. The number of rotatable bonds is 3. The zero-order valence-corrected chi connectivity index (χ0v) is 7.72. The number of nitrogens with one attached hydrogen (secondary N) is 1. The summed E-state index contributed by atoms with van der Waals surface area (Å²) in [6.07, 6.45) is 3.67. The second kappa shape index (κ2) is 4.94. The Balaban J connectivity index is 3.62. The molecule has 0 bridgehead atoms. The Kier molecular flexibility index (Phi) is 4.59. The van der Waals surface area contributed by atoms with Crippen LogP contribution in [0.15, 0.2) is 12.3 Å². The van der Waals surface area contributed by atoms with Crippen molar-refractivity contribution in [2.24, 2.45) is 11.8 Å². The Morgan fingerprint density at radius 2 is 1.82 bits per heavy atom. The van der Waals surface area contributed by atoms with E-state index < -0.39 is 0 Å². The first-order valence-electron chi connectivity index (χ1n) is 4.01. The van der Waals surface area contributed by atoms with E-state index in [0.29, 0.717) is 5.92 Å². The molecule has 0 radical (unpaired) electrons. The molecule has 0 aromatic carbocycles. The maximum absolute atomic E-state index is 11.0. The standard InChI is InChI=1S/C9H17NO/c1-7(2)5-6-10-9(11)8(3)4/h5-8H,1-4H3,(H,10,11)/b6-5-. The van der Waals surface area contributed by atoms with Crippen LogP contribution >= 0.6 is 0 Å². The summed E-state index contributed by atoms with van der Waals surface area (Å²) in [6, 6.07) is 0. The molecular weight excluding hydrogens is 138 g/mol. The Bertz CT molecular complexity index is 148. The normalized spacial score (nSPS) is 11.5. The van der Waals surface area contributed by atoms with Gasteiger partial charge in [-0.3, -0.25) is 4.79 Å². The minimum atomic E-state index is 0.0619. The van der Waals surface area contributed by atoms with E-state index in [2.05, 4.69) is 19.2 Å². The van der Waals surface area contributed by atoms with Gasteiger partial charge in [0.15, 0.2) is 0 Å². The number of hydrogen-bond donors (Lipinski definition) is 1. The van der Waals surface area contributed by atoms with Crippen molar-refractivity contribution < 1.29 is 4.79 Å². The lowest BCUT2D eigenvalue weighted by atomic mass is 10.2. The Morgan fingerprint density at radius 3 is 2.18 bits per heavy atom. The molecule has 1 amide bonds. The first-order valence-corrected chi connectivity index (χ1v) is 4.01. The van der Waals surface area contributed by atoms with Crippen molar-refractivity contribution in [3.63, 3.8) is 0 Å². The first-order chi connectivity index (χ1) is 5.04. The van der Waals surface area contributed by atoms with Gasteiger partial charge in [-0.2, -0.15) is 0 Å². The Hall–Kier alpha value is -0.790. The van der Waals surface area contributed by atoms with Gasteiger partial charge in [-0.05, 0) is 12.1 Å². The van der Waals surface area contributed by atoms with Crippen molar-refractivity contribution in [3.05, 3.63) is 12.3 Å². The highest BCUT2D eigenvalue weighted by molar-refractivity contribution is 5.78. The van der Waals surface area contributed by atoms with Crippen molar-refractivity contribution in [2.75, 3.05) is 0 Å². The van der Waals surface area contributed by atoms with Crippen molar-refractivity contribution in [1.29, 1.82) is 0 Å². The molecule has 0 unspecified atom stereocenters. The lowest BCUT2D eigenvalue weighted by molar-refractivity contribution is -0.123. The molecule has 0 aliphatic rings. The van der Waals surface area contributed by atoms with Gasteiger partial charge in [-0.25, -0.2) is 0 Å². The molecule has 1 N–H and O–H groups in total. The number of carbonyl (C=O) groups excluding carboxylic acids is 1. The highest BCUT2D eigenvalue weighted by Gasteiger charge is 2.02. The summed E-state index contributed by atoms with van der Waals surface area (Å²) in [4.78, 5) is 11.0. The highest BCUT2D eigenvalue weighted by atomic mass is 16.1. The zero-order chi connectivity index (χ0) is 8.85. The van der Waals surface area contributed by atoms with Crippen LogP contribution < -0.4 is 5.32 Å². The maximum Gasteiger partial charge on any atom is 0.226 e. The molecule has 2 heteroatoms. The van der Waals surface area contributed by atoms with Crippen molar-refractivity contribution in [2.45, 2.75) is 27.7 Å². The summed E-state index contributed by atoms with van der Waals surface area (Å²) in [5.41, 5.74) is 0. The van der Waals surface area contributed by atoms with E-state index in [1.807, 2.05) is 19.9 Å². The average Bonchev–Trinajstić information content (AvgIpc) is 1.86. The number of hydrogen-bond acceptors (Lipinski definition) is 1. The summed E-state index contributed by atoms with van der Waals surface area (Å²) >= 11 is 0. The van der Waals surface area contributed by atoms with Crippen LogP contribution in [-0.4, -0.2) is 5.91 Å². The van der Waals surface area contributed by atoms with Crippen LogP contribution in [0.1, 0.15) is 27.7 Å². The fourth-order valence-corrected chi connectivity index (χ4v) is 0.489. The SMILES string of the molecule is CC(C)/C=C\NC(=O)C(C)C. The summed E-state index contributed by atoms with van der Waals surface area (Å²) in [5.74, 6) is 0.621. The number of allylic oxidation sites excluding steroid dienone is 1. The van der Waals surface area contributed by atoms with Gasteiger partial charge in [0.2, 0.25) is 5.91 Å². The van der Waals surface area contributed by atoms with E-state index in [4.69, 9.17) is 0 Å². The largest absolute Gasteiger partial charge is 0.333 e. The van der Waals surface area contributed by atoms with E-state index in [0.717, 1.165) is 0 Å². The van der Waals surface area contributed by atoms with E-state index >= 15 is 0 Å². The highest BCUT2D eigenvalue weighted by Crippen LogP contribution is 1.93. The third-order valence-electron chi connectivity index (χ3n) is 1.23. The molecule has 2 nitrogen and oxygen atoms in total. The topological polar surface area (TPSA) is 29.1 Å². The molecule has 0 atom stereocenters. The van der Waals surface area contributed by atoms with Gasteiger partial charge in [0.05, 0.1) is 0 Å². The van der Waals surface area contributed by atoms with E-state index in [1.54, 1.807) is 6.20 Å². The minimum Gasteiger partial charge on any atom is -0.333 e. The molecule has 0 aromatic heterocycles. The second-order valence-electron chi connectivity index (χ2n) is 3.27. The Labute approximate surface area is 68.7 Å². The van der Waals surface area contributed by atoms with E-state index in [1.165, 1.54) is 0 Å². The summed E-state index contributed by atoms with van der Waals surface area (Å²) in [6.45, 7) is 7.88. The average molecular weight is 155 g/mol. The van der Waals surface area contributed by atoms with Gasteiger partial charge >= 0.3 is 0 Å². The van der Waals surface area contributed by atoms with Gasteiger partial charge < -0.3 is 5.32 Å². The summed E-state index contributed by atoms with van der Waals surface area (Å²) in [5, 5.41) is 2.69. The molecule has 0 aliphatic heterocycles. The number of carbonyl (C=O) groups is 1. The molecule has 0 saturated heterocycles. The van der Waals surface area contributed by atoms with Crippen LogP contribution in [0.4, 0.5) is 0 Å². The van der Waals surface area contributed by atoms with Crippen molar-refractivity contribution in [3.8, 4) is 0 Å². The van der Waals surface area contributed by atoms with Crippen LogP contribution in [0, 0.1) is 11.8 Å². The summed E-state index contributed by atoms with van der Waals surface area (Å²) in [7, 11) is 0. The zero-order valence-electron chi connectivity index (χ0n) is 7.72. The smallest absolute Gasteiger partial charge is 0.226 e. The molecule has 64 valence electrons. The molecule has 0 heterocycles. The third-order valence-corrected chi connectivity index (χ3v) is 1.23.